The van der Waals surface area contributed by atoms with E-state index >= 15 is 0 Å². The fourth-order valence-corrected chi connectivity index (χ4v) is 3.02. The van der Waals surface area contributed by atoms with Gasteiger partial charge in [-0.3, -0.25) is 0 Å². The van der Waals surface area contributed by atoms with E-state index in [0.29, 0.717) is 12.6 Å². The molecule has 1 amide bonds. The zero-order valence-corrected chi connectivity index (χ0v) is 10.8. The number of ether oxygens (including phenoxy) is 1. The number of amides is 1. The lowest BCUT2D eigenvalue weighted by Gasteiger charge is -2.36. The predicted molar refractivity (Wildman–Crippen MR) is 67.0 cm³/mol. The number of hydrogen-bond donors (Lipinski definition) is 1. The van der Waals surface area contributed by atoms with Crippen molar-refractivity contribution in [2.45, 2.75) is 57.5 Å². The van der Waals surface area contributed by atoms with Crippen LogP contribution in [0.25, 0.3) is 0 Å². The normalized spacial score (nSPS) is 23.8. The van der Waals surface area contributed by atoms with Crippen molar-refractivity contribution in [1.82, 2.24) is 10.2 Å². The zero-order valence-electron chi connectivity index (χ0n) is 10.8. The maximum Gasteiger partial charge on any atom is 0.407 e. The lowest BCUT2D eigenvalue weighted by Crippen LogP contribution is -2.47. The van der Waals surface area contributed by atoms with Crippen molar-refractivity contribution < 1.29 is 9.53 Å². The van der Waals surface area contributed by atoms with E-state index in [0.717, 1.165) is 32.0 Å². The van der Waals surface area contributed by atoms with E-state index < -0.39 is 0 Å². The summed E-state index contributed by atoms with van der Waals surface area (Å²) in [6.07, 6.45) is 7.40. The summed E-state index contributed by atoms with van der Waals surface area (Å²) >= 11 is 0. The van der Waals surface area contributed by atoms with Crippen molar-refractivity contribution in [1.29, 1.82) is 0 Å². The Bertz CT molecular complexity index is 244. The minimum absolute atomic E-state index is 0.258. The molecule has 0 spiro atoms. The second-order valence-electron chi connectivity index (χ2n) is 5.11. The quantitative estimate of drug-likeness (QED) is 0.821. The summed E-state index contributed by atoms with van der Waals surface area (Å²) in [5, 5.41) is 2.94. The third-order valence-corrected chi connectivity index (χ3v) is 3.97. The van der Waals surface area contributed by atoms with E-state index in [9.17, 15) is 4.79 Å². The molecule has 4 heteroatoms. The molecule has 0 aromatic heterocycles. The number of carbonyl (C=O) groups excluding carboxylic acids is 1. The molecular weight excluding hydrogens is 216 g/mol. The van der Waals surface area contributed by atoms with Gasteiger partial charge in [0, 0.05) is 25.2 Å². The van der Waals surface area contributed by atoms with Crippen molar-refractivity contribution in [2.75, 3.05) is 19.7 Å². The Kier molecular flexibility index (Phi) is 4.66. The summed E-state index contributed by atoms with van der Waals surface area (Å²) in [5.74, 6) is 0. The first kappa shape index (κ1) is 12.7. The van der Waals surface area contributed by atoms with E-state index in [4.69, 9.17) is 4.74 Å². The first-order valence-electron chi connectivity index (χ1n) is 6.97. The molecule has 0 unspecified atom stereocenters. The summed E-state index contributed by atoms with van der Waals surface area (Å²) in [4.78, 5) is 13.9. The molecule has 1 aliphatic carbocycles. The van der Waals surface area contributed by atoms with Crippen molar-refractivity contribution in [3.8, 4) is 0 Å². The van der Waals surface area contributed by atoms with E-state index in [2.05, 4.69) is 10.2 Å². The van der Waals surface area contributed by atoms with Gasteiger partial charge in [-0.25, -0.2) is 4.79 Å². The van der Waals surface area contributed by atoms with Gasteiger partial charge in [-0.2, -0.15) is 0 Å². The lowest BCUT2D eigenvalue weighted by atomic mass is 10.0. The summed E-state index contributed by atoms with van der Waals surface area (Å²) in [5.41, 5.74) is 0. The Hall–Kier alpha value is -0.770. The molecule has 0 aromatic carbocycles. The van der Waals surface area contributed by atoms with Crippen LogP contribution in [-0.2, 0) is 4.74 Å². The SMILES string of the molecule is CCOC(=O)NC1CCN(C2CCCC2)CC1. The molecule has 0 radical (unpaired) electrons. The molecule has 1 saturated carbocycles. The van der Waals surface area contributed by atoms with Gasteiger partial charge in [-0.05, 0) is 32.6 Å². The van der Waals surface area contributed by atoms with E-state index in [1.165, 1.54) is 25.7 Å². The molecule has 1 N–H and O–H groups in total. The minimum atomic E-state index is -0.258. The van der Waals surface area contributed by atoms with Crippen molar-refractivity contribution >= 4 is 6.09 Å². The van der Waals surface area contributed by atoms with E-state index in [1.807, 2.05) is 6.92 Å². The van der Waals surface area contributed by atoms with Crippen molar-refractivity contribution in [2.24, 2.45) is 0 Å². The number of alkyl carbamates (subject to hydrolysis) is 1. The molecule has 98 valence electrons. The monoisotopic (exact) mass is 240 g/mol. The van der Waals surface area contributed by atoms with Gasteiger partial charge in [0.25, 0.3) is 0 Å². The average Bonchev–Trinajstić information content (AvgIpc) is 2.84. The third-order valence-electron chi connectivity index (χ3n) is 3.97. The highest BCUT2D eigenvalue weighted by Gasteiger charge is 2.27. The number of hydrogen-bond acceptors (Lipinski definition) is 3. The van der Waals surface area contributed by atoms with Crippen LogP contribution in [0, 0.1) is 0 Å². The number of rotatable bonds is 3. The zero-order chi connectivity index (χ0) is 12.1. The second-order valence-corrected chi connectivity index (χ2v) is 5.11. The number of nitrogens with one attached hydrogen (secondary N) is 1. The first-order valence-corrected chi connectivity index (χ1v) is 6.97. The van der Waals surface area contributed by atoms with Crippen LogP contribution in [0.5, 0.6) is 0 Å². The second kappa shape index (κ2) is 6.24. The summed E-state index contributed by atoms with van der Waals surface area (Å²) in [6, 6.07) is 1.13. The molecule has 2 fully saturated rings. The van der Waals surface area contributed by atoms with E-state index in [1.54, 1.807) is 0 Å². The molecule has 1 saturated heterocycles. The molecule has 1 aliphatic heterocycles. The topological polar surface area (TPSA) is 41.6 Å². The van der Waals surface area contributed by atoms with Gasteiger partial charge in [-0.15, -0.1) is 0 Å². The highest BCUT2D eigenvalue weighted by Crippen LogP contribution is 2.26. The van der Waals surface area contributed by atoms with Crippen LogP contribution < -0.4 is 5.32 Å². The van der Waals surface area contributed by atoms with Crippen LogP contribution >= 0.6 is 0 Å². The molecule has 4 nitrogen and oxygen atoms in total. The molecule has 17 heavy (non-hydrogen) atoms. The molecule has 2 aliphatic rings. The minimum Gasteiger partial charge on any atom is -0.450 e. The molecule has 1 heterocycles. The largest absolute Gasteiger partial charge is 0.450 e. The smallest absolute Gasteiger partial charge is 0.407 e. The average molecular weight is 240 g/mol. The Morgan fingerprint density at radius 1 is 1.24 bits per heavy atom. The molecule has 0 bridgehead atoms. The Labute approximate surface area is 104 Å². The Morgan fingerprint density at radius 3 is 2.47 bits per heavy atom. The Balaban J connectivity index is 1.68. The van der Waals surface area contributed by atoms with Gasteiger partial charge >= 0.3 is 6.09 Å². The van der Waals surface area contributed by atoms with Gasteiger partial charge in [0.2, 0.25) is 0 Å². The molecule has 0 atom stereocenters. The first-order chi connectivity index (χ1) is 8.29. The highest BCUT2D eigenvalue weighted by molar-refractivity contribution is 5.67. The fourth-order valence-electron chi connectivity index (χ4n) is 3.02. The highest BCUT2D eigenvalue weighted by atomic mass is 16.5. The van der Waals surface area contributed by atoms with Crippen LogP contribution in [0.1, 0.15) is 45.4 Å². The third kappa shape index (κ3) is 3.60. The molecular formula is C13H24N2O2. The summed E-state index contributed by atoms with van der Waals surface area (Å²) in [7, 11) is 0. The fraction of sp³-hybridized carbons (Fsp3) is 0.923. The van der Waals surface area contributed by atoms with Gasteiger partial charge in [0.15, 0.2) is 0 Å². The summed E-state index contributed by atoms with van der Waals surface area (Å²) < 4.78 is 4.91. The van der Waals surface area contributed by atoms with Crippen LogP contribution in [0.3, 0.4) is 0 Å². The lowest BCUT2D eigenvalue weighted by molar-refractivity contribution is 0.124. The van der Waals surface area contributed by atoms with Gasteiger partial charge in [0.1, 0.15) is 0 Å². The van der Waals surface area contributed by atoms with Crippen molar-refractivity contribution in [3.05, 3.63) is 0 Å². The number of nitrogens with zero attached hydrogens (tertiary/aromatic N) is 1. The van der Waals surface area contributed by atoms with Crippen LogP contribution in [0.4, 0.5) is 4.79 Å². The Morgan fingerprint density at radius 2 is 1.88 bits per heavy atom. The van der Waals surface area contributed by atoms with Crippen molar-refractivity contribution in [3.63, 3.8) is 0 Å². The standard InChI is InChI=1S/C13H24N2O2/c1-2-17-13(16)14-11-7-9-15(10-8-11)12-5-3-4-6-12/h11-12H,2-10H2,1H3,(H,14,16). The van der Waals surface area contributed by atoms with Crippen LogP contribution in [0.15, 0.2) is 0 Å². The maximum atomic E-state index is 11.3. The number of piperidine rings is 1. The summed E-state index contributed by atoms with van der Waals surface area (Å²) in [6.45, 7) is 4.54. The molecule has 2 rings (SSSR count). The van der Waals surface area contributed by atoms with Gasteiger partial charge < -0.3 is 15.0 Å². The maximum absolute atomic E-state index is 11.3. The molecule has 0 aromatic rings. The number of carbonyl (C=O) groups is 1. The van der Waals surface area contributed by atoms with Gasteiger partial charge in [0.05, 0.1) is 6.61 Å². The van der Waals surface area contributed by atoms with Gasteiger partial charge in [-0.1, -0.05) is 12.8 Å². The van der Waals surface area contributed by atoms with Crippen LogP contribution in [-0.4, -0.2) is 42.8 Å². The van der Waals surface area contributed by atoms with E-state index in [-0.39, 0.29) is 6.09 Å². The number of likely N-dealkylation sites (tertiary alicyclic amines) is 1. The predicted octanol–water partition coefficient (Wildman–Crippen LogP) is 2.14. The van der Waals surface area contributed by atoms with Crippen LogP contribution in [0.2, 0.25) is 0 Å².